The average Bonchev–Trinajstić information content (AvgIpc) is 3.23. The highest BCUT2D eigenvalue weighted by Gasteiger charge is 2.22. The maximum absolute atomic E-state index is 12.3. The molecule has 0 atom stereocenters. The van der Waals surface area contributed by atoms with Crippen LogP contribution in [0.4, 0.5) is 11.5 Å². The van der Waals surface area contributed by atoms with Crippen LogP contribution in [-0.2, 0) is 19.6 Å². The van der Waals surface area contributed by atoms with Gasteiger partial charge < -0.3 is 14.7 Å². The molecule has 0 bridgehead atoms. The quantitative estimate of drug-likeness (QED) is 0.735. The molecular weight excluding hydrogens is 372 g/mol. The van der Waals surface area contributed by atoms with Crippen molar-refractivity contribution in [2.75, 3.05) is 23.3 Å². The number of amides is 2. The lowest BCUT2D eigenvalue weighted by Crippen LogP contribution is -2.28. The van der Waals surface area contributed by atoms with Crippen molar-refractivity contribution in [2.24, 2.45) is 0 Å². The summed E-state index contributed by atoms with van der Waals surface area (Å²) < 4.78 is 31.9. The van der Waals surface area contributed by atoms with Gasteiger partial charge in [-0.25, -0.2) is 13.1 Å². The molecule has 144 valence electrons. The highest BCUT2D eigenvalue weighted by atomic mass is 32.2. The SMILES string of the molecule is Cc1cc(NC(=O)CCNS(=O)(=O)c2ccc(N3CCCC3=O)cc2)no1. The number of aromatic nitrogens is 1. The summed E-state index contributed by atoms with van der Waals surface area (Å²) in [6.07, 6.45) is 1.26. The van der Waals surface area contributed by atoms with Crippen LogP contribution >= 0.6 is 0 Å². The monoisotopic (exact) mass is 392 g/mol. The normalized spacial score (nSPS) is 14.6. The van der Waals surface area contributed by atoms with Crippen LogP contribution < -0.4 is 14.9 Å². The molecular formula is C17H20N4O5S. The third-order valence-corrected chi connectivity index (χ3v) is 5.55. The standard InChI is InChI=1S/C17H20N4O5S/c1-12-11-15(20-26-12)19-16(22)8-9-18-27(24,25)14-6-4-13(5-7-14)21-10-2-3-17(21)23/h4-7,11,18H,2-3,8-10H2,1H3,(H,19,20,22). The largest absolute Gasteiger partial charge is 0.360 e. The first kappa shape index (κ1) is 19.1. The Morgan fingerprint density at radius 1 is 1.30 bits per heavy atom. The smallest absolute Gasteiger partial charge is 0.240 e. The summed E-state index contributed by atoms with van der Waals surface area (Å²) in [5, 5.41) is 6.15. The van der Waals surface area contributed by atoms with Crippen molar-refractivity contribution < 1.29 is 22.5 Å². The van der Waals surface area contributed by atoms with Crippen LogP contribution in [0.5, 0.6) is 0 Å². The van der Waals surface area contributed by atoms with Crippen molar-refractivity contribution in [3.05, 3.63) is 36.1 Å². The van der Waals surface area contributed by atoms with Gasteiger partial charge in [0.05, 0.1) is 4.90 Å². The van der Waals surface area contributed by atoms with Gasteiger partial charge in [-0.1, -0.05) is 5.16 Å². The molecule has 10 heteroatoms. The Balaban J connectivity index is 1.53. The fourth-order valence-corrected chi connectivity index (χ4v) is 3.77. The van der Waals surface area contributed by atoms with Crippen molar-refractivity contribution in [1.82, 2.24) is 9.88 Å². The molecule has 2 amide bonds. The van der Waals surface area contributed by atoms with Gasteiger partial charge in [0.15, 0.2) is 5.82 Å². The predicted octanol–water partition coefficient (Wildman–Crippen LogP) is 1.42. The lowest BCUT2D eigenvalue weighted by molar-refractivity contribution is -0.117. The molecule has 9 nitrogen and oxygen atoms in total. The number of carbonyl (C=O) groups is 2. The Labute approximate surface area is 156 Å². The third-order valence-electron chi connectivity index (χ3n) is 4.07. The van der Waals surface area contributed by atoms with E-state index < -0.39 is 10.0 Å². The average molecular weight is 392 g/mol. The molecule has 0 saturated carbocycles. The number of nitrogens with zero attached hydrogens (tertiary/aromatic N) is 2. The highest BCUT2D eigenvalue weighted by molar-refractivity contribution is 7.89. The summed E-state index contributed by atoms with van der Waals surface area (Å²) in [6, 6.07) is 7.67. The van der Waals surface area contributed by atoms with Crippen molar-refractivity contribution in [2.45, 2.75) is 31.1 Å². The molecule has 0 unspecified atom stereocenters. The molecule has 0 spiro atoms. The molecule has 1 aromatic carbocycles. The van der Waals surface area contributed by atoms with E-state index in [1.165, 1.54) is 12.1 Å². The van der Waals surface area contributed by atoms with E-state index in [0.29, 0.717) is 24.4 Å². The summed E-state index contributed by atoms with van der Waals surface area (Å²) in [6.45, 7) is 2.28. The minimum Gasteiger partial charge on any atom is -0.360 e. The summed E-state index contributed by atoms with van der Waals surface area (Å²) in [4.78, 5) is 25.3. The van der Waals surface area contributed by atoms with Crippen LogP contribution in [0.15, 0.2) is 39.8 Å². The second-order valence-electron chi connectivity index (χ2n) is 6.16. The summed E-state index contributed by atoms with van der Waals surface area (Å²) >= 11 is 0. The maximum Gasteiger partial charge on any atom is 0.240 e. The van der Waals surface area contributed by atoms with Crippen LogP contribution in [0, 0.1) is 6.92 Å². The van der Waals surface area contributed by atoms with Crippen molar-refractivity contribution in [3.63, 3.8) is 0 Å². The highest BCUT2D eigenvalue weighted by Crippen LogP contribution is 2.22. The first-order valence-corrected chi connectivity index (χ1v) is 9.97. The van der Waals surface area contributed by atoms with E-state index in [1.807, 2.05) is 0 Å². The zero-order valence-corrected chi connectivity index (χ0v) is 15.6. The first-order chi connectivity index (χ1) is 12.8. The van der Waals surface area contributed by atoms with Crippen molar-refractivity contribution in [1.29, 1.82) is 0 Å². The fourth-order valence-electron chi connectivity index (χ4n) is 2.74. The van der Waals surface area contributed by atoms with Gasteiger partial charge in [-0.2, -0.15) is 0 Å². The number of benzene rings is 1. The van der Waals surface area contributed by atoms with Gasteiger partial charge in [-0.15, -0.1) is 0 Å². The second kappa shape index (κ2) is 7.89. The van der Waals surface area contributed by atoms with Gasteiger partial charge in [0.2, 0.25) is 21.8 Å². The topological polar surface area (TPSA) is 122 Å². The van der Waals surface area contributed by atoms with E-state index in [-0.39, 0.29) is 35.5 Å². The molecule has 0 radical (unpaired) electrons. The molecule has 1 saturated heterocycles. The Morgan fingerprint density at radius 2 is 2.04 bits per heavy atom. The van der Waals surface area contributed by atoms with E-state index in [4.69, 9.17) is 4.52 Å². The van der Waals surface area contributed by atoms with Crippen LogP contribution in [-0.4, -0.2) is 38.5 Å². The Kier molecular flexibility index (Phi) is 5.57. The van der Waals surface area contributed by atoms with Gasteiger partial charge >= 0.3 is 0 Å². The zero-order valence-electron chi connectivity index (χ0n) is 14.8. The van der Waals surface area contributed by atoms with E-state index in [2.05, 4.69) is 15.2 Å². The van der Waals surface area contributed by atoms with Crippen LogP contribution in [0.25, 0.3) is 0 Å². The lowest BCUT2D eigenvalue weighted by Gasteiger charge is -2.16. The summed E-state index contributed by atoms with van der Waals surface area (Å²) in [7, 11) is -3.75. The van der Waals surface area contributed by atoms with Gasteiger partial charge in [-0.3, -0.25) is 9.59 Å². The Hall–Kier alpha value is -2.72. The van der Waals surface area contributed by atoms with E-state index in [0.717, 1.165) is 6.42 Å². The molecule has 1 aliphatic heterocycles. The number of hydrogen-bond donors (Lipinski definition) is 2. The van der Waals surface area contributed by atoms with Crippen LogP contribution in [0.2, 0.25) is 0 Å². The van der Waals surface area contributed by atoms with Crippen LogP contribution in [0.1, 0.15) is 25.0 Å². The number of rotatable bonds is 7. The fraction of sp³-hybridized carbons (Fsp3) is 0.353. The second-order valence-corrected chi connectivity index (χ2v) is 7.93. The number of nitrogens with one attached hydrogen (secondary N) is 2. The number of sulfonamides is 1. The van der Waals surface area contributed by atoms with Gasteiger partial charge in [0, 0.05) is 37.7 Å². The van der Waals surface area contributed by atoms with E-state index in [1.54, 1.807) is 30.0 Å². The van der Waals surface area contributed by atoms with Crippen LogP contribution in [0.3, 0.4) is 0 Å². The Morgan fingerprint density at radius 3 is 2.63 bits per heavy atom. The minimum atomic E-state index is -3.75. The third kappa shape index (κ3) is 4.72. The van der Waals surface area contributed by atoms with Gasteiger partial charge in [-0.05, 0) is 37.6 Å². The Bertz CT molecular complexity index is 936. The van der Waals surface area contributed by atoms with Crippen molar-refractivity contribution in [3.8, 4) is 0 Å². The predicted molar refractivity (Wildman–Crippen MR) is 97.7 cm³/mol. The van der Waals surface area contributed by atoms with Gasteiger partial charge in [0.25, 0.3) is 0 Å². The minimum absolute atomic E-state index is 0.0389. The summed E-state index contributed by atoms with van der Waals surface area (Å²) in [5.41, 5.74) is 0.679. The molecule has 0 aliphatic carbocycles. The number of anilines is 2. The van der Waals surface area contributed by atoms with Gasteiger partial charge in [0.1, 0.15) is 5.76 Å². The first-order valence-electron chi connectivity index (χ1n) is 8.48. The number of aryl methyl sites for hydroxylation is 1. The van der Waals surface area contributed by atoms with Crippen molar-refractivity contribution >= 4 is 33.3 Å². The molecule has 2 aromatic rings. The number of carbonyl (C=O) groups excluding carboxylic acids is 2. The summed E-state index contributed by atoms with van der Waals surface area (Å²) in [5.74, 6) is 0.503. The zero-order chi connectivity index (χ0) is 19.4. The maximum atomic E-state index is 12.3. The molecule has 2 N–H and O–H groups in total. The number of hydrogen-bond acceptors (Lipinski definition) is 6. The molecule has 1 aliphatic rings. The molecule has 2 heterocycles. The molecule has 27 heavy (non-hydrogen) atoms. The molecule has 1 aromatic heterocycles. The molecule has 1 fully saturated rings. The van der Waals surface area contributed by atoms with E-state index >= 15 is 0 Å². The lowest BCUT2D eigenvalue weighted by atomic mass is 10.3. The molecule has 3 rings (SSSR count). The van der Waals surface area contributed by atoms with E-state index in [9.17, 15) is 18.0 Å².